The van der Waals surface area contributed by atoms with Crippen LogP contribution >= 0.6 is 46.4 Å². The van der Waals surface area contributed by atoms with E-state index in [1.165, 1.54) is 0 Å². The Hall–Kier alpha value is 0.1000. The zero-order valence-electron chi connectivity index (χ0n) is 9.52. The average Bonchev–Trinajstić information content (AvgIpc) is 3.10. The molecule has 19 heavy (non-hydrogen) atoms. The summed E-state index contributed by atoms with van der Waals surface area (Å²) in [6.45, 7) is 0. The number of aromatic nitrogens is 1. The molecule has 1 nitrogen and oxygen atoms in total. The molecule has 0 saturated heterocycles. The molecule has 0 spiro atoms. The SMILES string of the molecule is ClC(Cl)Cl.FC(F)(F)c1cc(CCl)nc(C2CC2)c1. The van der Waals surface area contributed by atoms with Crippen LogP contribution in [0.4, 0.5) is 13.2 Å². The largest absolute Gasteiger partial charge is 0.416 e. The lowest BCUT2D eigenvalue weighted by atomic mass is 10.1. The maximum atomic E-state index is 12.5. The van der Waals surface area contributed by atoms with E-state index in [4.69, 9.17) is 46.4 Å². The van der Waals surface area contributed by atoms with Gasteiger partial charge in [-0.3, -0.25) is 4.98 Å². The fourth-order valence-electron chi connectivity index (χ4n) is 1.43. The lowest BCUT2D eigenvalue weighted by molar-refractivity contribution is -0.137. The third-order valence-corrected chi connectivity index (χ3v) is 2.63. The van der Waals surface area contributed by atoms with Crippen LogP contribution in [0.5, 0.6) is 0 Å². The molecule has 0 aromatic carbocycles. The molecule has 1 heterocycles. The van der Waals surface area contributed by atoms with Crippen molar-refractivity contribution in [1.82, 2.24) is 4.98 Å². The lowest BCUT2D eigenvalue weighted by Crippen LogP contribution is -2.08. The number of halogens is 7. The fraction of sp³-hybridized carbons (Fsp3) is 0.545. The summed E-state index contributed by atoms with van der Waals surface area (Å²) < 4.78 is 36.7. The second-order valence-electron chi connectivity index (χ2n) is 3.93. The standard InChI is InChI=1S/C10H9ClF3N.CHCl3/c11-5-8-3-7(10(12,13)14)4-9(15-8)6-1-2-6;2-1(3)4/h3-4,6H,1-2,5H2;1H. The molecular formula is C11H10Cl4F3N. The van der Waals surface area contributed by atoms with Crippen molar-refractivity contribution in [3.05, 3.63) is 29.1 Å². The normalized spacial score (nSPS) is 15.2. The first-order valence-electron chi connectivity index (χ1n) is 5.30. The predicted octanol–water partition coefficient (Wildman–Crippen LogP) is 5.70. The Morgan fingerprint density at radius 2 is 1.74 bits per heavy atom. The molecule has 108 valence electrons. The highest BCUT2D eigenvalue weighted by Crippen LogP contribution is 2.41. The summed E-state index contributed by atoms with van der Waals surface area (Å²) in [5, 5.41) is 0. The maximum Gasteiger partial charge on any atom is 0.416 e. The van der Waals surface area contributed by atoms with Crippen LogP contribution in [0.1, 0.15) is 35.7 Å². The molecule has 0 aliphatic heterocycles. The molecule has 0 atom stereocenters. The molecule has 0 bridgehead atoms. The summed E-state index contributed by atoms with van der Waals surface area (Å²) in [5.41, 5.74) is 0.184. The lowest BCUT2D eigenvalue weighted by Gasteiger charge is -2.09. The Morgan fingerprint density at radius 1 is 1.21 bits per heavy atom. The Kier molecular flexibility index (Phi) is 6.51. The van der Waals surface area contributed by atoms with E-state index in [0.29, 0.717) is 11.4 Å². The van der Waals surface area contributed by atoms with E-state index in [0.717, 1.165) is 25.0 Å². The molecule has 0 N–H and O–H groups in total. The van der Waals surface area contributed by atoms with E-state index in [9.17, 15) is 13.2 Å². The zero-order valence-corrected chi connectivity index (χ0v) is 12.5. The van der Waals surface area contributed by atoms with Crippen LogP contribution in [0.25, 0.3) is 0 Å². The number of alkyl halides is 7. The molecule has 1 aliphatic rings. The Bertz CT molecular complexity index is 416. The summed E-state index contributed by atoms with van der Waals surface area (Å²) in [7, 11) is 0. The molecule has 0 unspecified atom stereocenters. The Morgan fingerprint density at radius 3 is 2.11 bits per heavy atom. The van der Waals surface area contributed by atoms with Gasteiger partial charge in [-0.25, -0.2) is 0 Å². The minimum absolute atomic E-state index is 0.0175. The predicted molar refractivity (Wildman–Crippen MR) is 72.1 cm³/mol. The monoisotopic (exact) mass is 353 g/mol. The highest BCUT2D eigenvalue weighted by Gasteiger charge is 2.34. The van der Waals surface area contributed by atoms with Crippen molar-refractivity contribution in [2.75, 3.05) is 0 Å². The molecule has 1 aromatic heterocycles. The molecule has 1 fully saturated rings. The van der Waals surface area contributed by atoms with Crippen molar-refractivity contribution in [3.63, 3.8) is 0 Å². The van der Waals surface area contributed by atoms with Gasteiger partial charge in [-0.15, -0.1) is 11.6 Å². The van der Waals surface area contributed by atoms with Crippen molar-refractivity contribution < 1.29 is 13.2 Å². The van der Waals surface area contributed by atoms with Crippen LogP contribution in [-0.4, -0.2) is 9.28 Å². The number of rotatable bonds is 2. The van der Waals surface area contributed by atoms with Gasteiger partial charge < -0.3 is 0 Å². The van der Waals surface area contributed by atoms with Crippen molar-refractivity contribution in [3.8, 4) is 0 Å². The van der Waals surface area contributed by atoms with E-state index in [2.05, 4.69) is 4.98 Å². The average molecular weight is 355 g/mol. The topological polar surface area (TPSA) is 12.9 Å². The Labute approximate surface area is 129 Å². The van der Waals surface area contributed by atoms with Gasteiger partial charge >= 0.3 is 6.18 Å². The van der Waals surface area contributed by atoms with E-state index < -0.39 is 16.0 Å². The fourth-order valence-corrected chi connectivity index (χ4v) is 1.57. The van der Waals surface area contributed by atoms with E-state index in [1.807, 2.05) is 0 Å². The van der Waals surface area contributed by atoms with Crippen molar-refractivity contribution in [2.24, 2.45) is 0 Å². The van der Waals surface area contributed by atoms with Gasteiger partial charge in [-0.05, 0) is 25.0 Å². The summed E-state index contributed by atoms with van der Waals surface area (Å²) in [6.07, 6.45) is -2.46. The van der Waals surface area contributed by atoms with Gasteiger partial charge in [-0.1, -0.05) is 34.8 Å². The third kappa shape index (κ3) is 6.39. The van der Waals surface area contributed by atoms with Crippen LogP contribution < -0.4 is 0 Å². The van der Waals surface area contributed by atoms with Crippen LogP contribution in [0, 0.1) is 0 Å². The van der Waals surface area contributed by atoms with Crippen molar-refractivity contribution in [2.45, 2.75) is 35.1 Å². The molecule has 0 radical (unpaired) electrons. The zero-order chi connectivity index (χ0) is 14.6. The highest BCUT2D eigenvalue weighted by atomic mass is 35.6. The van der Waals surface area contributed by atoms with Crippen molar-refractivity contribution in [1.29, 1.82) is 0 Å². The second-order valence-corrected chi connectivity index (χ2v) is 6.17. The quantitative estimate of drug-likeness (QED) is 0.620. The van der Waals surface area contributed by atoms with Gasteiger partial charge in [0.2, 0.25) is 0 Å². The smallest absolute Gasteiger partial charge is 0.256 e. The summed E-state index contributed by atoms with van der Waals surface area (Å²) in [5.74, 6) is 0.221. The number of nitrogens with zero attached hydrogens (tertiary/aromatic N) is 1. The minimum Gasteiger partial charge on any atom is -0.256 e. The summed E-state index contributed by atoms with van der Waals surface area (Å²) >= 11 is 19.9. The molecule has 1 aliphatic carbocycles. The number of hydrogen-bond donors (Lipinski definition) is 0. The van der Waals surface area contributed by atoms with Crippen LogP contribution in [0.2, 0.25) is 0 Å². The van der Waals surface area contributed by atoms with Gasteiger partial charge in [0.1, 0.15) is 0 Å². The van der Waals surface area contributed by atoms with E-state index in [1.54, 1.807) is 0 Å². The second kappa shape index (κ2) is 7.21. The van der Waals surface area contributed by atoms with E-state index >= 15 is 0 Å². The summed E-state index contributed by atoms with van der Waals surface area (Å²) in [6, 6.07) is 2.15. The maximum absolute atomic E-state index is 12.5. The van der Waals surface area contributed by atoms with Crippen LogP contribution in [0.3, 0.4) is 0 Å². The number of pyridine rings is 1. The van der Waals surface area contributed by atoms with Crippen LogP contribution in [-0.2, 0) is 12.1 Å². The summed E-state index contributed by atoms with van der Waals surface area (Å²) in [4.78, 5) is 4.10. The van der Waals surface area contributed by atoms with Crippen LogP contribution in [0.15, 0.2) is 12.1 Å². The van der Waals surface area contributed by atoms with Crippen molar-refractivity contribution >= 4 is 46.4 Å². The first-order chi connectivity index (χ1) is 8.74. The third-order valence-electron chi connectivity index (χ3n) is 2.36. The van der Waals surface area contributed by atoms with E-state index in [-0.39, 0.29) is 11.8 Å². The molecule has 0 amide bonds. The molecule has 8 heteroatoms. The molecule has 1 saturated carbocycles. The first kappa shape index (κ1) is 17.2. The van der Waals surface area contributed by atoms with Gasteiger partial charge in [0.15, 0.2) is 4.30 Å². The number of hydrogen-bond acceptors (Lipinski definition) is 1. The van der Waals surface area contributed by atoms with Gasteiger partial charge in [-0.2, -0.15) is 13.2 Å². The first-order valence-corrected chi connectivity index (χ1v) is 7.14. The minimum atomic E-state index is -4.31. The highest BCUT2D eigenvalue weighted by molar-refractivity contribution is 6.63. The Balaban J connectivity index is 0.000000399. The van der Waals surface area contributed by atoms with Gasteiger partial charge in [0, 0.05) is 11.6 Å². The molecule has 1 aromatic rings. The molecular weight excluding hydrogens is 345 g/mol. The van der Waals surface area contributed by atoms with Gasteiger partial charge in [0.25, 0.3) is 0 Å². The molecule has 2 rings (SSSR count). The van der Waals surface area contributed by atoms with Gasteiger partial charge in [0.05, 0.1) is 17.1 Å².